The van der Waals surface area contributed by atoms with Crippen molar-refractivity contribution in [2.45, 2.75) is 38.6 Å². The first-order valence-electron chi connectivity index (χ1n) is 5.61. The molecule has 0 saturated carbocycles. The molecule has 0 aromatic rings. The van der Waals surface area contributed by atoms with Crippen molar-refractivity contribution in [2.75, 3.05) is 27.2 Å². The standard InChI is InChI=1S/C11H24N2/c1-4-5-11(13(2)3)8-10-6-7-12-9-10/h10-12H,4-9H2,1-3H3. The summed E-state index contributed by atoms with van der Waals surface area (Å²) in [5.41, 5.74) is 0. The average Bonchev–Trinajstić information content (AvgIpc) is 2.56. The molecule has 0 aromatic carbocycles. The SMILES string of the molecule is CCCC(CC1CCNC1)N(C)C. The monoisotopic (exact) mass is 184 g/mol. The molecule has 0 aliphatic carbocycles. The molecule has 0 radical (unpaired) electrons. The summed E-state index contributed by atoms with van der Waals surface area (Å²) in [4.78, 5) is 2.39. The first-order valence-corrected chi connectivity index (χ1v) is 5.61. The largest absolute Gasteiger partial charge is 0.316 e. The highest BCUT2D eigenvalue weighted by Gasteiger charge is 2.20. The minimum atomic E-state index is 0.801. The zero-order chi connectivity index (χ0) is 9.68. The van der Waals surface area contributed by atoms with Crippen molar-refractivity contribution >= 4 is 0 Å². The van der Waals surface area contributed by atoms with Gasteiger partial charge in [-0.1, -0.05) is 13.3 Å². The lowest BCUT2D eigenvalue weighted by atomic mass is 9.96. The van der Waals surface area contributed by atoms with Gasteiger partial charge in [0.05, 0.1) is 0 Å². The van der Waals surface area contributed by atoms with E-state index in [4.69, 9.17) is 0 Å². The van der Waals surface area contributed by atoms with Crippen molar-refractivity contribution in [3.05, 3.63) is 0 Å². The molecule has 1 fully saturated rings. The molecule has 1 rings (SSSR count). The van der Waals surface area contributed by atoms with Gasteiger partial charge in [-0.3, -0.25) is 0 Å². The van der Waals surface area contributed by atoms with Gasteiger partial charge < -0.3 is 10.2 Å². The van der Waals surface area contributed by atoms with Gasteiger partial charge in [-0.2, -0.15) is 0 Å². The zero-order valence-corrected chi connectivity index (χ0v) is 9.34. The second kappa shape index (κ2) is 5.61. The molecule has 78 valence electrons. The summed E-state index contributed by atoms with van der Waals surface area (Å²) in [5, 5.41) is 3.44. The van der Waals surface area contributed by atoms with Crippen molar-refractivity contribution in [3.8, 4) is 0 Å². The van der Waals surface area contributed by atoms with E-state index in [1.54, 1.807) is 0 Å². The fourth-order valence-electron chi connectivity index (χ4n) is 2.22. The quantitative estimate of drug-likeness (QED) is 0.700. The van der Waals surface area contributed by atoms with Crippen molar-refractivity contribution in [1.29, 1.82) is 0 Å². The van der Waals surface area contributed by atoms with E-state index in [-0.39, 0.29) is 0 Å². The molecule has 0 bridgehead atoms. The molecule has 2 nitrogen and oxygen atoms in total. The summed E-state index contributed by atoms with van der Waals surface area (Å²) >= 11 is 0. The highest BCUT2D eigenvalue weighted by Crippen LogP contribution is 2.19. The molecule has 2 heteroatoms. The van der Waals surface area contributed by atoms with E-state index >= 15 is 0 Å². The molecule has 0 amide bonds. The Balaban J connectivity index is 2.27. The first-order chi connectivity index (χ1) is 6.24. The van der Waals surface area contributed by atoms with Crippen LogP contribution < -0.4 is 5.32 Å². The molecule has 0 spiro atoms. The van der Waals surface area contributed by atoms with Crippen LogP contribution in [0.2, 0.25) is 0 Å². The number of hydrogen-bond acceptors (Lipinski definition) is 2. The molecular weight excluding hydrogens is 160 g/mol. The number of hydrogen-bond donors (Lipinski definition) is 1. The van der Waals surface area contributed by atoms with Gasteiger partial charge in [0.25, 0.3) is 0 Å². The van der Waals surface area contributed by atoms with Crippen molar-refractivity contribution in [3.63, 3.8) is 0 Å². The van der Waals surface area contributed by atoms with Crippen molar-refractivity contribution in [1.82, 2.24) is 10.2 Å². The Hall–Kier alpha value is -0.0800. The van der Waals surface area contributed by atoms with Gasteiger partial charge in [0.15, 0.2) is 0 Å². The number of rotatable bonds is 5. The Kier molecular flexibility index (Phi) is 4.74. The van der Waals surface area contributed by atoms with Gasteiger partial charge in [0.2, 0.25) is 0 Å². The Morgan fingerprint density at radius 1 is 1.46 bits per heavy atom. The predicted molar refractivity (Wildman–Crippen MR) is 58.0 cm³/mol. The molecule has 1 N–H and O–H groups in total. The lowest BCUT2D eigenvalue weighted by molar-refractivity contribution is 0.235. The molecular formula is C11H24N2. The third-order valence-electron chi connectivity index (χ3n) is 3.12. The van der Waals surface area contributed by atoms with Gasteiger partial charge in [-0.15, -0.1) is 0 Å². The number of nitrogens with one attached hydrogen (secondary N) is 1. The van der Waals surface area contributed by atoms with Crippen LogP contribution in [0.15, 0.2) is 0 Å². The maximum Gasteiger partial charge on any atom is 0.00921 e. The number of nitrogens with zero attached hydrogens (tertiary/aromatic N) is 1. The summed E-state index contributed by atoms with van der Waals surface area (Å²) in [6, 6.07) is 0.801. The maximum atomic E-state index is 3.44. The highest BCUT2D eigenvalue weighted by molar-refractivity contribution is 4.77. The minimum absolute atomic E-state index is 0.801. The van der Waals surface area contributed by atoms with E-state index in [1.165, 1.54) is 38.8 Å². The van der Waals surface area contributed by atoms with E-state index in [0.717, 1.165) is 12.0 Å². The van der Waals surface area contributed by atoms with E-state index in [0.29, 0.717) is 0 Å². The van der Waals surface area contributed by atoms with Crippen LogP contribution in [0.25, 0.3) is 0 Å². The summed E-state index contributed by atoms with van der Waals surface area (Å²) < 4.78 is 0. The first kappa shape index (κ1) is 11.0. The Morgan fingerprint density at radius 2 is 2.23 bits per heavy atom. The molecule has 2 unspecified atom stereocenters. The third kappa shape index (κ3) is 3.65. The van der Waals surface area contributed by atoms with Crippen LogP contribution in [0.1, 0.15) is 32.6 Å². The highest BCUT2D eigenvalue weighted by atomic mass is 15.1. The van der Waals surface area contributed by atoms with Crippen LogP contribution in [0.4, 0.5) is 0 Å². The second-order valence-corrected chi connectivity index (χ2v) is 4.50. The van der Waals surface area contributed by atoms with Gasteiger partial charge in [0, 0.05) is 6.04 Å². The van der Waals surface area contributed by atoms with Crippen LogP contribution >= 0.6 is 0 Å². The fraction of sp³-hybridized carbons (Fsp3) is 1.00. The third-order valence-corrected chi connectivity index (χ3v) is 3.12. The smallest absolute Gasteiger partial charge is 0.00921 e. The maximum absolute atomic E-state index is 3.44. The normalized spacial score (nSPS) is 25.4. The minimum Gasteiger partial charge on any atom is -0.316 e. The van der Waals surface area contributed by atoms with E-state index in [2.05, 4.69) is 31.2 Å². The summed E-state index contributed by atoms with van der Waals surface area (Å²) in [6.45, 7) is 4.76. The van der Waals surface area contributed by atoms with Gasteiger partial charge in [-0.25, -0.2) is 0 Å². The molecule has 2 atom stereocenters. The molecule has 13 heavy (non-hydrogen) atoms. The zero-order valence-electron chi connectivity index (χ0n) is 9.34. The predicted octanol–water partition coefficient (Wildman–Crippen LogP) is 1.72. The fourth-order valence-corrected chi connectivity index (χ4v) is 2.22. The Labute approximate surface area is 82.7 Å². The average molecular weight is 184 g/mol. The van der Waals surface area contributed by atoms with Crippen LogP contribution in [0.5, 0.6) is 0 Å². The molecule has 1 aliphatic rings. The van der Waals surface area contributed by atoms with Crippen LogP contribution in [-0.4, -0.2) is 38.1 Å². The molecule has 1 saturated heterocycles. The van der Waals surface area contributed by atoms with Crippen LogP contribution in [0, 0.1) is 5.92 Å². The molecule has 1 heterocycles. The summed E-state index contributed by atoms with van der Waals surface area (Å²) in [7, 11) is 4.42. The van der Waals surface area contributed by atoms with Gasteiger partial charge >= 0.3 is 0 Å². The molecule has 0 aromatic heterocycles. The summed E-state index contributed by atoms with van der Waals surface area (Å²) in [6.07, 6.45) is 5.42. The van der Waals surface area contributed by atoms with E-state index < -0.39 is 0 Å². The van der Waals surface area contributed by atoms with Crippen LogP contribution in [-0.2, 0) is 0 Å². The van der Waals surface area contributed by atoms with E-state index in [9.17, 15) is 0 Å². The summed E-state index contributed by atoms with van der Waals surface area (Å²) in [5.74, 6) is 0.930. The second-order valence-electron chi connectivity index (χ2n) is 4.50. The molecule has 1 aliphatic heterocycles. The Morgan fingerprint density at radius 3 is 2.69 bits per heavy atom. The lowest BCUT2D eigenvalue weighted by Gasteiger charge is -2.26. The van der Waals surface area contributed by atoms with Gasteiger partial charge in [0.1, 0.15) is 0 Å². The Bertz CT molecular complexity index is 128. The van der Waals surface area contributed by atoms with Gasteiger partial charge in [-0.05, 0) is 52.4 Å². The topological polar surface area (TPSA) is 15.3 Å². The lowest BCUT2D eigenvalue weighted by Crippen LogP contribution is -2.30. The van der Waals surface area contributed by atoms with Crippen molar-refractivity contribution in [2.24, 2.45) is 5.92 Å². The van der Waals surface area contributed by atoms with Crippen molar-refractivity contribution < 1.29 is 0 Å². The van der Waals surface area contributed by atoms with E-state index in [1.807, 2.05) is 0 Å². The van der Waals surface area contributed by atoms with Crippen LogP contribution in [0.3, 0.4) is 0 Å².